The third-order valence-corrected chi connectivity index (χ3v) is 3.44. The zero-order chi connectivity index (χ0) is 15.6. The Morgan fingerprint density at radius 1 is 1.38 bits per heavy atom. The second-order valence-electron chi connectivity index (χ2n) is 5.65. The van der Waals surface area contributed by atoms with Crippen LogP contribution in [0.1, 0.15) is 26.7 Å². The van der Waals surface area contributed by atoms with E-state index in [0.29, 0.717) is 18.9 Å². The molecule has 1 aliphatic heterocycles. The molecule has 2 heterocycles. The van der Waals surface area contributed by atoms with Crippen molar-refractivity contribution >= 4 is 17.6 Å². The van der Waals surface area contributed by atoms with Crippen molar-refractivity contribution in [3.05, 3.63) is 22.7 Å². The van der Waals surface area contributed by atoms with E-state index < -0.39 is 6.04 Å². The van der Waals surface area contributed by atoms with E-state index in [4.69, 9.17) is 0 Å². The lowest BCUT2D eigenvalue weighted by Gasteiger charge is -2.28. The first-order valence-corrected chi connectivity index (χ1v) is 7.02. The molecular weight excluding hydrogens is 272 g/mol. The normalized spacial score (nSPS) is 19.2. The Bertz CT molecular complexity index is 608. The summed E-state index contributed by atoms with van der Waals surface area (Å²) in [6, 6.07) is -0.581. The van der Waals surface area contributed by atoms with Crippen molar-refractivity contribution in [2.45, 2.75) is 39.3 Å². The van der Waals surface area contributed by atoms with E-state index in [9.17, 15) is 14.4 Å². The lowest BCUT2D eigenvalue weighted by Crippen LogP contribution is -2.49. The van der Waals surface area contributed by atoms with Gasteiger partial charge in [-0.15, -0.1) is 0 Å². The molecule has 1 N–H and O–H groups in total. The number of nitrogens with one attached hydrogen (secondary N) is 1. The Labute approximate surface area is 123 Å². The lowest BCUT2D eigenvalue weighted by atomic mass is 10.0. The smallest absolute Gasteiger partial charge is 0.293 e. The van der Waals surface area contributed by atoms with Crippen LogP contribution in [0.25, 0.3) is 0 Å². The van der Waals surface area contributed by atoms with E-state index in [1.165, 1.54) is 13.2 Å². The third-order valence-electron chi connectivity index (χ3n) is 3.44. The number of piperidine rings is 1. The fourth-order valence-corrected chi connectivity index (χ4v) is 2.30. The van der Waals surface area contributed by atoms with Crippen molar-refractivity contribution in [1.82, 2.24) is 14.5 Å². The molecule has 1 saturated heterocycles. The number of imide groups is 1. The fraction of sp³-hybridized carbons (Fsp3) is 0.571. The maximum atomic E-state index is 12.3. The van der Waals surface area contributed by atoms with E-state index in [2.05, 4.69) is 10.3 Å². The van der Waals surface area contributed by atoms with Gasteiger partial charge in [0.1, 0.15) is 6.04 Å². The first-order chi connectivity index (χ1) is 9.90. The van der Waals surface area contributed by atoms with Crippen molar-refractivity contribution in [2.75, 3.05) is 12.4 Å². The Hall–Kier alpha value is -2.18. The molecule has 1 aliphatic rings. The second kappa shape index (κ2) is 6.07. The van der Waals surface area contributed by atoms with Crippen molar-refractivity contribution in [3.8, 4) is 0 Å². The van der Waals surface area contributed by atoms with Gasteiger partial charge in [-0.2, -0.15) is 0 Å². The highest BCUT2D eigenvalue weighted by atomic mass is 16.2. The van der Waals surface area contributed by atoms with Crippen molar-refractivity contribution in [2.24, 2.45) is 5.92 Å². The molecule has 0 bridgehead atoms. The summed E-state index contributed by atoms with van der Waals surface area (Å²) >= 11 is 0. The SMILES string of the molecule is CC(C)Cn1ccnc(NC2CCC(=O)N(C)C2=O)c1=O. The molecule has 1 fully saturated rings. The number of likely N-dealkylation sites (tertiary alicyclic amines) is 1. The molecule has 0 spiro atoms. The molecule has 2 amide bonds. The predicted octanol–water partition coefficient (Wildman–Crippen LogP) is 0.459. The summed E-state index contributed by atoms with van der Waals surface area (Å²) in [7, 11) is 1.45. The van der Waals surface area contributed by atoms with Crippen LogP contribution in [0.5, 0.6) is 0 Å². The van der Waals surface area contributed by atoms with Gasteiger partial charge in [-0.05, 0) is 12.3 Å². The van der Waals surface area contributed by atoms with E-state index in [1.54, 1.807) is 10.8 Å². The van der Waals surface area contributed by atoms with Crippen molar-refractivity contribution in [1.29, 1.82) is 0 Å². The summed E-state index contributed by atoms with van der Waals surface area (Å²) in [5.41, 5.74) is -0.251. The molecule has 1 aromatic heterocycles. The number of hydrogen-bond donors (Lipinski definition) is 1. The standard InChI is InChI=1S/C14H20N4O3/c1-9(2)8-18-7-6-15-12(14(18)21)16-10-4-5-11(19)17(3)13(10)20/h6-7,9-10H,4-5,8H2,1-3H3,(H,15,16). The minimum absolute atomic E-state index is 0.152. The number of aromatic nitrogens is 2. The van der Waals surface area contributed by atoms with Gasteiger partial charge in [-0.1, -0.05) is 13.8 Å². The van der Waals surface area contributed by atoms with Gasteiger partial charge in [-0.25, -0.2) is 4.98 Å². The number of rotatable bonds is 4. The van der Waals surface area contributed by atoms with Crippen LogP contribution in [0, 0.1) is 5.92 Å². The third kappa shape index (κ3) is 3.29. The van der Waals surface area contributed by atoms with Gasteiger partial charge in [0, 0.05) is 32.4 Å². The molecule has 7 heteroatoms. The van der Waals surface area contributed by atoms with Gasteiger partial charge in [-0.3, -0.25) is 19.3 Å². The van der Waals surface area contributed by atoms with E-state index in [1.807, 2.05) is 13.8 Å². The van der Waals surface area contributed by atoms with Gasteiger partial charge in [0.05, 0.1) is 0 Å². The lowest BCUT2D eigenvalue weighted by molar-refractivity contribution is -0.146. The topological polar surface area (TPSA) is 84.3 Å². The van der Waals surface area contributed by atoms with Crippen LogP contribution in [-0.2, 0) is 16.1 Å². The van der Waals surface area contributed by atoms with Crippen LogP contribution in [0.2, 0.25) is 0 Å². The van der Waals surface area contributed by atoms with Crippen LogP contribution in [0.4, 0.5) is 5.82 Å². The quantitative estimate of drug-likeness (QED) is 0.815. The average Bonchev–Trinajstić information content (AvgIpc) is 2.43. The zero-order valence-corrected chi connectivity index (χ0v) is 12.5. The highest BCUT2D eigenvalue weighted by Gasteiger charge is 2.32. The Morgan fingerprint density at radius 2 is 2.10 bits per heavy atom. The zero-order valence-electron chi connectivity index (χ0n) is 12.5. The molecule has 2 rings (SSSR count). The van der Waals surface area contributed by atoms with Crippen molar-refractivity contribution in [3.63, 3.8) is 0 Å². The van der Waals surface area contributed by atoms with Gasteiger partial charge in [0.2, 0.25) is 5.91 Å². The highest BCUT2D eigenvalue weighted by Crippen LogP contribution is 2.14. The fourth-order valence-electron chi connectivity index (χ4n) is 2.30. The Kier molecular flexibility index (Phi) is 4.40. The first-order valence-electron chi connectivity index (χ1n) is 7.02. The highest BCUT2D eigenvalue weighted by molar-refractivity contribution is 6.01. The number of likely N-dealkylation sites (N-methyl/N-ethyl adjacent to an activating group) is 1. The first kappa shape index (κ1) is 15.2. The number of hydrogen-bond acceptors (Lipinski definition) is 5. The number of anilines is 1. The summed E-state index contributed by atoms with van der Waals surface area (Å²) in [6.45, 7) is 4.63. The summed E-state index contributed by atoms with van der Waals surface area (Å²) in [5.74, 6) is -0.0414. The van der Waals surface area contributed by atoms with Crippen LogP contribution < -0.4 is 10.9 Å². The van der Waals surface area contributed by atoms with Gasteiger partial charge in [0.25, 0.3) is 11.5 Å². The maximum Gasteiger partial charge on any atom is 0.293 e. The van der Waals surface area contributed by atoms with Gasteiger partial charge in [0.15, 0.2) is 5.82 Å². The van der Waals surface area contributed by atoms with Crippen LogP contribution in [-0.4, -0.2) is 39.4 Å². The molecule has 0 radical (unpaired) electrons. The minimum atomic E-state index is -0.581. The summed E-state index contributed by atoms with van der Waals surface area (Å²) in [4.78, 5) is 40.9. The molecule has 1 aromatic rings. The van der Waals surface area contributed by atoms with Crippen LogP contribution in [0.15, 0.2) is 17.2 Å². The monoisotopic (exact) mass is 292 g/mol. The van der Waals surface area contributed by atoms with E-state index in [0.717, 1.165) is 4.90 Å². The summed E-state index contributed by atoms with van der Waals surface area (Å²) in [5, 5.41) is 2.88. The largest absolute Gasteiger partial charge is 0.354 e. The molecule has 1 atom stereocenters. The molecular formula is C14H20N4O3. The van der Waals surface area contributed by atoms with Crippen molar-refractivity contribution < 1.29 is 9.59 Å². The van der Waals surface area contributed by atoms with Crippen LogP contribution in [0.3, 0.4) is 0 Å². The number of carbonyl (C=O) groups excluding carboxylic acids is 2. The number of amides is 2. The average molecular weight is 292 g/mol. The van der Waals surface area contributed by atoms with Crippen LogP contribution >= 0.6 is 0 Å². The van der Waals surface area contributed by atoms with E-state index in [-0.39, 0.29) is 29.6 Å². The Morgan fingerprint density at radius 3 is 2.76 bits per heavy atom. The Balaban J connectivity index is 2.18. The number of carbonyl (C=O) groups is 2. The maximum absolute atomic E-state index is 12.3. The number of nitrogens with zero attached hydrogens (tertiary/aromatic N) is 3. The molecule has 0 aliphatic carbocycles. The van der Waals surface area contributed by atoms with E-state index >= 15 is 0 Å². The molecule has 21 heavy (non-hydrogen) atoms. The second-order valence-corrected chi connectivity index (χ2v) is 5.65. The molecule has 114 valence electrons. The minimum Gasteiger partial charge on any atom is -0.354 e. The predicted molar refractivity (Wildman–Crippen MR) is 77.8 cm³/mol. The molecule has 0 saturated carbocycles. The molecule has 0 aromatic carbocycles. The van der Waals surface area contributed by atoms with Gasteiger partial charge >= 0.3 is 0 Å². The molecule has 1 unspecified atom stereocenters. The summed E-state index contributed by atoms with van der Waals surface area (Å²) < 4.78 is 1.57. The molecule has 7 nitrogen and oxygen atoms in total. The summed E-state index contributed by atoms with van der Waals surface area (Å²) in [6.07, 6.45) is 3.83. The van der Waals surface area contributed by atoms with Gasteiger partial charge < -0.3 is 9.88 Å².